The van der Waals surface area contributed by atoms with Crippen molar-refractivity contribution in [3.8, 4) is 0 Å². The Hall–Kier alpha value is -0.440. The fourth-order valence-corrected chi connectivity index (χ4v) is 1.58. The summed E-state index contributed by atoms with van der Waals surface area (Å²) in [5.74, 6) is 1.09. The third-order valence-corrected chi connectivity index (χ3v) is 2.15. The van der Waals surface area contributed by atoms with E-state index in [0.29, 0.717) is 0 Å². The van der Waals surface area contributed by atoms with Crippen LogP contribution in [0.2, 0.25) is 0 Å². The lowest BCUT2D eigenvalue weighted by molar-refractivity contribution is 0.790. The summed E-state index contributed by atoms with van der Waals surface area (Å²) in [6.45, 7) is 4.15. The van der Waals surface area contributed by atoms with Gasteiger partial charge in [-0.3, -0.25) is 0 Å². The number of aryl methyl sites for hydroxylation is 2. The standard InChI is InChI=1S/C7H12N2S/c1-4-10-7-8-6(2)5-9(7)3/h5H,4H2,1-3H3. The molecule has 0 atom stereocenters. The molecule has 1 aromatic rings. The summed E-state index contributed by atoms with van der Waals surface area (Å²) >= 11 is 1.77. The zero-order chi connectivity index (χ0) is 7.56. The number of hydrogen-bond acceptors (Lipinski definition) is 2. The summed E-state index contributed by atoms with van der Waals surface area (Å²) in [5, 5.41) is 1.11. The van der Waals surface area contributed by atoms with E-state index < -0.39 is 0 Å². The lowest BCUT2D eigenvalue weighted by Gasteiger charge is -1.95. The first-order chi connectivity index (χ1) is 4.74. The van der Waals surface area contributed by atoms with Crippen molar-refractivity contribution in [2.75, 3.05) is 5.75 Å². The van der Waals surface area contributed by atoms with Gasteiger partial charge in [0.15, 0.2) is 5.16 Å². The zero-order valence-electron chi connectivity index (χ0n) is 6.59. The van der Waals surface area contributed by atoms with Gasteiger partial charge in [-0.05, 0) is 12.7 Å². The molecule has 0 aliphatic rings. The Morgan fingerprint density at radius 2 is 2.40 bits per heavy atom. The van der Waals surface area contributed by atoms with Crippen LogP contribution in [-0.2, 0) is 7.05 Å². The number of thioether (sulfide) groups is 1. The van der Waals surface area contributed by atoms with E-state index in [1.165, 1.54) is 0 Å². The van der Waals surface area contributed by atoms with Crippen molar-refractivity contribution in [2.24, 2.45) is 7.05 Å². The Labute approximate surface area is 65.7 Å². The molecule has 2 nitrogen and oxygen atoms in total. The molecule has 0 saturated heterocycles. The van der Waals surface area contributed by atoms with E-state index >= 15 is 0 Å². The van der Waals surface area contributed by atoms with Crippen molar-refractivity contribution in [2.45, 2.75) is 19.0 Å². The Kier molecular flexibility index (Phi) is 2.38. The lowest BCUT2D eigenvalue weighted by Crippen LogP contribution is -1.87. The van der Waals surface area contributed by atoms with Crippen LogP contribution in [0.1, 0.15) is 12.6 Å². The molecule has 0 spiro atoms. The van der Waals surface area contributed by atoms with Gasteiger partial charge in [0.1, 0.15) is 0 Å². The van der Waals surface area contributed by atoms with Crippen LogP contribution in [0.3, 0.4) is 0 Å². The topological polar surface area (TPSA) is 17.8 Å². The first kappa shape index (κ1) is 7.66. The van der Waals surface area contributed by atoms with Gasteiger partial charge >= 0.3 is 0 Å². The molecule has 0 saturated carbocycles. The highest BCUT2D eigenvalue weighted by atomic mass is 32.2. The van der Waals surface area contributed by atoms with Crippen molar-refractivity contribution in [3.05, 3.63) is 11.9 Å². The molecular formula is C7H12N2S. The molecule has 0 aromatic carbocycles. The molecular weight excluding hydrogens is 144 g/mol. The maximum atomic E-state index is 4.33. The Morgan fingerprint density at radius 3 is 2.80 bits per heavy atom. The summed E-state index contributed by atoms with van der Waals surface area (Å²) in [7, 11) is 2.03. The molecule has 1 heterocycles. The quantitative estimate of drug-likeness (QED) is 0.608. The van der Waals surface area contributed by atoms with Gasteiger partial charge in [-0.1, -0.05) is 18.7 Å². The van der Waals surface area contributed by atoms with Crippen LogP contribution in [-0.4, -0.2) is 15.3 Å². The van der Waals surface area contributed by atoms with E-state index in [9.17, 15) is 0 Å². The molecule has 0 radical (unpaired) electrons. The van der Waals surface area contributed by atoms with E-state index in [1.54, 1.807) is 11.8 Å². The fraction of sp³-hybridized carbons (Fsp3) is 0.571. The van der Waals surface area contributed by atoms with Crippen molar-refractivity contribution >= 4 is 11.8 Å². The minimum atomic E-state index is 1.09. The number of nitrogens with zero attached hydrogens (tertiary/aromatic N) is 2. The maximum absolute atomic E-state index is 4.33. The predicted molar refractivity (Wildman–Crippen MR) is 44.3 cm³/mol. The van der Waals surface area contributed by atoms with Gasteiger partial charge in [0, 0.05) is 13.2 Å². The third kappa shape index (κ3) is 1.53. The van der Waals surface area contributed by atoms with Crippen LogP contribution in [0.5, 0.6) is 0 Å². The second-order valence-electron chi connectivity index (χ2n) is 2.21. The normalized spacial score (nSPS) is 10.3. The highest BCUT2D eigenvalue weighted by Crippen LogP contribution is 2.14. The first-order valence-corrected chi connectivity index (χ1v) is 4.35. The number of hydrogen-bond donors (Lipinski definition) is 0. The number of rotatable bonds is 2. The highest BCUT2D eigenvalue weighted by molar-refractivity contribution is 7.99. The number of imidazole rings is 1. The van der Waals surface area contributed by atoms with Crippen LogP contribution in [0, 0.1) is 6.92 Å². The zero-order valence-corrected chi connectivity index (χ0v) is 7.40. The summed E-state index contributed by atoms with van der Waals surface area (Å²) < 4.78 is 2.06. The second-order valence-corrected chi connectivity index (χ2v) is 3.44. The van der Waals surface area contributed by atoms with E-state index in [0.717, 1.165) is 16.6 Å². The van der Waals surface area contributed by atoms with Gasteiger partial charge in [0.25, 0.3) is 0 Å². The van der Waals surface area contributed by atoms with E-state index in [4.69, 9.17) is 0 Å². The van der Waals surface area contributed by atoms with Crippen LogP contribution >= 0.6 is 11.8 Å². The molecule has 0 N–H and O–H groups in total. The largest absolute Gasteiger partial charge is 0.329 e. The van der Waals surface area contributed by atoms with Crippen molar-refractivity contribution < 1.29 is 0 Å². The highest BCUT2D eigenvalue weighted by Gasteiger charge is 1.99. The predicted octanol–water partition coefficient (Wildman–Crippen LogP) is 1.84. The fourth-order valence-electron chi connectivity index (χ4n) is 0.857. The molecule has 1 aromatic heterocycles. The van der Waals surface area contributed by atoms with E-state index in [1.807, 2.05) is 20.2 Å². The van der Waals surface area contributed by atoms with Gasteiger partial charge in [-0.25, -0.2) is 4.98 Å². The minimum Gasteiger partial charge on any atom is -0.329 e. The SMILES string of the molecule is CCSc1nc(C)cn1C. The molecule has 1 rings (SSSR count). The van der Waals surface area contributed by atoms with E-state index in [2.05, 4.69) is 16.5 Å². The van der Waals surface area contributed by atoms with Crippen LogP contribution in [0.4, 0.5) is 0 Å². The maximum Gasteiger partial charge on any atom is 0.167 e. The van der Waals surface area contributed by atoms with Crippen LogP contribution in [0.25, 0.3) is 0 Å². The Bertz CT molecular complexity index is 217. The third-order valence-electron chi connectivity index (χ3n) is 1.23. The molecule has 0 amide bonds. The average molecular weight is 156 g/mol. The molecule has 3 heteroatoms. The molecule has 0 unspecified atom stereocenters. The average Bonchev–Trinajstić information content (AvgIpc) is 2.13. The summed E-state index contributed by atoms with van der Waals surface area (Å²) in [6.07, 6.45) is 2.04. The molecule has 10 heavy (non-hydrogen) atoms. The van der Waals surface area contributed by atoms with E-state index in [-0.39, 0.29) is 0 Å². The summed E-state index contributed by atoms with van der Waals surface area (Å²) in [6, 6.07) is 0. The van der Waals surface area contributed by atoms with Gasteiger partial charge in [-0.15, -0.1) is 0 Å². The smallest absolute Gasteiger partial charge is 0.167 e. The Balaban J connectivity index is 2.81. The molecule has 0 fully saturated rings. The Morgan fingerprint density at radius 1 is 1.70 bits per heavy atom. The molecule has 56 valence electrons. The van der Waals surface area contributed by atoms with Crippen molar-refractivity contribution in [3.63, 3.8) is 0 Å². The van der Waals surface area contributed by atoms with Gasteiger partial charge in [-0.2, -0.15) is 0 Å². The van der Waals surface area contributed by atoms with Gasteiger partial charge in [0.05, 0.1) is 5.69 Å². The molecule has 0 aliphatic heterocycles. The van der Waals surface area contributed by atoms with Gasteiger partial charge in [0.2, 0.25) is 0 Å². The molecule has 0 aliphatic carbocycles. The minimum absolute atomic E-state index is 1.09. The van der Waals surface area contributed by atoms with Crippen molar-refractivity contribution in [1.29, 1.82) is 0 Å². The first-order valence-electron chi connectivity index (χ1n) is 3.36. The number of aromatic nitrogens is 2. The van der Waals surface area contributed by atoms with Gasteiger partial charge < -0.3 is 4.57 Å². The second kappa shape index (κ2) is 3.10. The molecule has 0 bridgehead atoms. The monoisotopic (exact) mass is 156 g/mol. The summed E-state index contributed by atoms with van der Waals surface area (Å²) in [5.41, 5.74) is 1.10. The van der Waals surface area contributed by atoms with Crippen molar-refractivity contribution in [1.82, 2.24) is 9.55 Å². The summed E-state index contributed by atoms with van der Waals surface area (Å²) in [4.78, 5) is 4.33. The van der Waals surface area contributed by atoms with Crippen LogP contribution in [0.15, 0.2) is 11.4 Å². The lowest BCUT2D eigenvalue weighted by atomic mass is 10.6. The van der Waals surface area contributed by atoms with Crippen LogP contribution < -0.4 is 0 Å².